The van der Waals surface area contributed by atoms with E-state index < -0.39 is 0 Å². The molecule has 0 saturated heterocycles. The summed E-state index contributed by atoms with van der Waals surface area (Å²) in [6.45, 7) is 1.65. The van der Waals surface area contributed by atoms with Gasteiger partial charge in [-0.25, -0.2) is 0 Å². The molecule has 0 aromatic heterocycles. The lowest BCUT2D eigenvalue weighted by atomic mass is 10.3. The molecule has 0 aliphatic rings. The third-order valence-electron chi connectivity index (χ3n) is 0.996. The molecule has 0 aromatic carbocycles. The first-order valence-electron chi connectivity index (χ1n) is 3.07. The highest BCUT2D eigenvalue weighted by Gasteiger charge is 2.06. The molecule has 0 heterocycles. The summed E-state index contributed by atoms with van der Waals surface area (Å²) in [5.41, 5.74) is 0. The number of amides is 1. The van der Waals surface area contributed by atoms with Crippen LogP contribution in [0.4, 0.5) is 0 Å². The standard InChI is InChI=1S/C6H13NO3/c1-5(9)7-6(3-8)4-10-2/h6,8H,3-4H2,1-2H3,(H,7,9). The molecule has 0 radical (unpaired) electrons. The summed E-state index contributed by atoms with van der Waals surface area (Å²) in [6.07, 6.45) is 0. The smallest absolute Gasteiger partial charge is 0.217 e. The van der Waals surface area contributed by atoms with Crippen LogP contribution in [0.3, 0.4) is 0 Å². The number of hydrogen-bond acceptors (Lipinski definition) is 3. The maximum atomic E-state index is 10.4. The summed E-state index contributed by atoms with van der Waals surface area (Å²) in [7, 11) is 1.52. The summed E-state index contributed by atoms with van der Waals surface area (Å²) in [5, 5.41) is 11.1. The van der Waals surface area contributed by atoms with E-state index in [1.165, 1.54) is 14.0 Å². The first-order chi connectivity index (χ1) is 4.70. The van der Waals surface area contributed by atoms with Crippen LogP contribution in [-0.4, -0.2) is 37.4 Å². The van der Waals surface area contributed by atoms with Crippen LogP contribution in [0, 0.1) is 0 Å². The molecule has 1 unspecified atom stereocenters. The van der Waals surface area contributed by atoms with Gasteiger partial charge in [-0.05, 0) is 0 Å². The van der Waals surface area contributed by atoms with Crippen LogP contribution in [0.2, 0.25) is 0 Å². The minimum Gasteiger partial charge on any atom is -0.394 e. The Morgan fingerprint density at radius 1 is 1.80 bits per heavy atom. The fraction of sp³-hybridized carbons (Fsp3) is 0.833. The predicted octanol–water partition coefficient (Wildman–Crippen LogP) is -0.870. The van der Waals surface area contributed by atoms with Crippen LogP contribution in [0.15, 0.2) is 0 Å². The van der Waals surface area contributed by atoms with E-state index >= 15 is 0 Å². The molecule has 2 N–H and O–H groups in total. The van der Waals surface area contributed by atoms with Crippen molar-refractivity contribution >= 4 is 5.91 Å². The zero-order valence-corrected chi connectivity index (χ0v) is 6.26. The van der Waals surface area contributed by atoms with Gasteiger partial charge in [0.1, 0.15) is 0 Å². The highest BCUT2D eigenvalue weighted by atomic mass is 16.5. The van der Waals surface area contributed by atoms with Crippen molar-refractivity contribution in [3.63, 3.8) is 0 Å². The second kappa shape index (κ2) is 5.20. The number of methoxy groups -OCH3 is 1. The van der Waals surface area contributed by atoms with E-state index in [1.807, 2.05) is 0 Å². The molecule has 0 aromatic rings. The Balaban J connectivity index is 3.49. The summed E-state index contributed by atoms with van der Waals surface area (Å²) >= 11 is 0. The third kappa shape index (κ3) is 4.29. The van der Waals surface area contributed by atoms with Crippen molar-refractivity contribution in [3.05, 3.63) is 0 Å². The van der Waals surface area contributed by atoms with E-state index in [1.54, 1.807) is 0 Å². The normalized spacial score (nSPS) is 12.7. The highest BCUT2D eigenvalue weighted by molar-refractivity contribution is 5.73. The lowest BCUT2D eigenvalue weighted by molar-refractivity contribution is -0.120. The molecule has 4 nitrogen and oxygen atoms in total. The Kier molecular flexibility index (Phi) is 4.88. The number of rotatable bonds is 4. The van der Waals surface area contributed by atoms with Gasteiger partial charge in [-0.3, -0.25) is 4.79 Å². The Morgan fingerprint density at radius 3 is 2.70 bits per heavy atom. The van der Waals surface area contributed by atoms with Gasteiger partial charge in [0, 0.05) is 14.0 Å². The number of nitrogens with one attached hydrogen (secondary N) is 1. The van der Waals surface area contributed by atoms with E-state index in [4.69, 9.17) is 9.84 Å². The van der Waals surface area contributed by atoms with Crippen LogP contribution >= 0.6 is 0 Å². The maximum Gasteiger partial charge on any atom is 0.217 e. The largest absolute Gasteiger partial charge is 0.394 e. The van der Waals surface area contributed by atoms with Crippen LogP contribution in [0.1, 0.15) is 6.92 Å². The molecule has 1 amide bonds. The molecule has 0 saturated carbocycles. The van der Waals surface area contributed by atoms with E-state index in [9.17, 15) is 4.79 Å². The lowest BCUT2D eigenvalue weighted by Gasteiger charge is -2.12. The maximum absolute atomic E-state index is 10.4. The van der Waals surface area contributed by atoms with Gasteiger partial charge in [-0.2, -0.15) is 0 Å². The molecule has 60 valence electrons. The van der Waals surface area contributed by atoms with Gasteiger partial charge in [0.2, 0.25) is 5.91 Å². The third-order valence-corrected chi connectivity index (χ3v) is 0.996. The van der Waals surface area contributed by atoms with Crippen molar-refractivity contribution in [2.24, 2.45) is 0 Å². The molecule has 1 atom stereocenters. The molecular formula is C6H13NO3. The summed E-state index contributed by atoms with van der Waals surface area (Å²) in [4.78, 5) is 10.4. The van der Waals surface area contributed by atoms with Gasteiger partial charge in [0.25, 0.3) is 0 Å². The second-order valence-electron chi connectivity index (χ2n) is 2.04. The topological polar surface area (TPSA) is 58.6 Å². The first-order valence-corrected chi connectivity index (χ1v) is 3.07. The number of carbonyl (C=O) groups excluding carboxylic acids is 1. The molecule has 0 rings (SSSR count). The zero-order chi connectivity index (χ0) is 7.98. The first kappa shape index (κ1) is 9.39. The van der Waals surface area contributed by atoms with E-state index in [0.29, 0.717) is 6.61 Å². The number of carbonyl (C=O) groups is 1. The quantitative estimate of drug-likeness (QED) is 0.543. The van der Waals surface area contributed by atoms with Crippen molar-refractivity contribution in [3.8, 4) is 0 Å². The summed E-state index contributed by atoms with van der Waals surface area (Å²) in [5.74, 6) is -0.156. The van der Waals surface area contributed by atoms with Crippen molar-refractivity contribution in [2.75, 3.05) is 20.3 Å². The fourth-order valence-corrected chi connectivity index (χ4v) is 0.629. The minimum atomic E-state index is -0.275. The van der Waals surface area contributed by atoms with Gasteiger partial charge in [-0.15, -0.1) is 0 Å². The molecule has 4 heteroatoms. The van der Waals surface area contributed by atoms with Crippen molar-refractivity contribution in [1.82, 2.24) is 5.32 Å². The van der Waals surface area contributed by atoms with E-state index in [2.05, 4.69) is 5.32 Å². The Labute approximate surface area is 60.2 Å². The number of ether oxygens (including phenoxy) is 1. The second-order valence-corrected chi connectivity index (χ2v) is 2.04. The Hall–Kier alpha value is -0.610. The van der Waals surface area contributed by atoms with Gasteiger partial charge in [-0.1, -0.05) is 0 Å². The van der Waals surface area contributed by atoms with Crippen LogP contribution in [0.25, 0.3) is 0 Å². The van der Waals surface area contributed by atoms with Gasteiger partial charge in [0.15, 0.2) is 0 Å². The molecule has 0 fully saturated rings. The predicted molar refractivity (Wildman–Crippen MR) is 36.6 cm³/mol. The van der Waals surface area contributed by atoms with Crippen molar-refractivity contribution < 1.29 is 14.6 Å². The minimum absolute atomic E-state index is 0.0899. The average molecular weight is 147 g/mol. The van der Waals surface area contributed by atoms with Gasteiger partial charge < -0.3 is 15.2 Å². The molecule has 0 aliphatic heterocycles. The van der Waals surface area contributed by atoms with Gasteiger partial charge >= 0.3 is 0 Å². The zero-order valence-electron chi connectivity index (χ0n) is 6.26. The Bertz CT molecular complexity index is 105. The van der Waals surface area contributed by atoms with Crippen LogP contribution in [0.5, 0.6) is 0 Å². The molecule has 0 bridgehead atoms. The highest BCUT2D eigenvalue weighted by Crippen LogP contribution is 1.81. The van der Waals surface area contributed by atoms with Crippen LogP contribution < -0.4 is 5.32 Å². The molecule has 0 spiro atoms. The number of hydrogen-bond donors (Lipinski definition) is 2. The summed E-state index contributed by atoms with van der Waals surface area (Å²) in [6, 6.07) is -0.275. The number of aliphatic hydroxyl groups excluding tert-OH is 1. The Morgan fingerprint density at radius 2 is 2.40 bits per heavy atom. The molecular weight excluding hydrogens is 134 g/mol. The lowest BCUT2D eigenvalue weighted by Crippen LogP contribution is -2.39. The SMILES string of the molecule is COCC(CO)NC(C)=O. The fourth-order valence-electron chi connectivity index (χ4n) is 0.629. The van der Waals surface area contributed by atoms with Crippen molar-refractivity contribution in [1.29, 1.82) is 0 Å². The molecule has 10 heavy (non-hydrogen) atoms. The monoisotopic (exact) mass is 147 g/mol. The average Bonchev–Trinajstić information content (AvgIpc) is 1.86. The van der Waals surface area contributed by atoms with Crippen LogP contribution in [-0.2, 0) is 9.53 Å². The van der Waals surface area contributed by atoms with E-state index in [-0.39, 0.29) is 18.6 Å². The van der Waals surface area contributed by atoms with E-state index in [0.717, 1.165) is 0 Å². The van der Waals surface area contributed by atoms with Crippen molar-refractivity contribution in [2.45, 2.75) is 13.0 Å². The summed E-state index contributed by atoms with van der Waals surface area (Å²) < 4.78 is 4.72. The number of aliphatic hydroxyl groups is 1. The molecule has 0 aliphatic carbocycles. The van der Waals surface area contributed by atoms with Gasteiger partial charge in [0.05, 0.1) is 19.3 Å².